The Kier molecular flexibility index (Phi) is 3.40. The molecule has 0 aliphatic carbocycles. The molecule has 0 fully saturated rings. The van der Waals surface area contributed by atoms with Crippen LogP contribution in [-0.4, -0.2) is 23.3 Å². The molecule has 2 rings (SSSR count). The molecule has 19 heavy (non-hydrogen) atoms. The van der Waals surface area contributed by atoms with Crippen LogP contribution in [0.3, 0.4) is 0 Å². The van der Waals surface area contributed by atoms with Crippen LogP contribution in [0.25, 0.3) is 0 Å². The van der Waals surface area contributed by atoms with Crippen molar-refractivity contribution in [2.24, 2.45) is 0 Å². The normalized spacial score (nSPS) is 11.2. The van der Waals surface area contributed by atoms with E-state index in [-0.39, 0.29) is 21.4 Å². The number of aromatic nitrogens is 2. The van der Waals surface area contributed by atoms with Crippen LogP contribution >= 0.6 is 11.6 Å². The molecule has 0 saturated heterocycles. The van der Waals surface area contributed by atoms with Crippen molar-refractivity contribution in [3.63, 3.8) is 0 Å². The summed E-state index contributed by atoms with van der Waals surface area (Å²) in [7, 11) is -3.91. The average molecular weight is 303 g/mol. The molecule has 0 unspecified atom stereocenters. The molecular formula is C9H7ClN4O4S. The second kappa shape index (κ2) is 4.86. The van der Waals surface area contributed by atoms with E-state index < -0.39 is 14.9 Å². The van der Waals surface area contributed by atoms with Crippen LogP contribution in [0.2, 0.25) is 5.02 Å². The van der Waals surface area contributed by atoms with Gasteiger partial charge in [-0.05, 0) is 6.07 Å². The Morgan fingerprint density at radius 2 is 2.16 bits per heavy atom. The van der Waals surface area contributed by atoms with Gasteiger partial charge < -0.3 is 4.98 Å². The molecule has 0 saturated carbocycles. The molecular weight excluding hydrogens is 296 g/mol. The van der Waals surface area contributed by atoms with E-state index in [9.17, 15) is 18.5 Å². The number of sulfonamides is 1. The molecule has 8 nitrogen and oxygen atoms in total. The number of anilines is 1. The van der Waals surface area contributed by atoms with Crippen molar-refractivity contribution in [1.29, 1.82) is 0 Å². The van der Waals surface area contributed by atoms with Gasteiger partial charge >= 0.3 is 0 Å². The summed E-state index contributed by atoms with van der Waals surface area (Å²) in [6, 6.07) is 3.46. The van der Waals surface area contributed by atoms with Crippen LogP contribution in [0.15, 0.2) is 35.7 Å². The lowest BCUT2D eigenvalue weighted by Crippen LogP contribution is -2.13. The van der Waals surface area contributed by atoms with Crippen molar-refractivity contribution in [2.45, 2.75) is 5.03 Å². The number of nitrogens with one attached hydrogen (secondary N) is 2. The summed E-state index contributed by atoms with van der Waals surface area (Å²) < 4.78 is 25.9. The number of rotatable bonds is 4. The Hall–Kier alpha value is -2.13. The Morgan fingerprint density at radius 1 is 1.42 bits per heavy atom. The lowest BCUT2D eigenvalue weighted by molar-refractivity contribution is -0.384. The van der Waals surface area contributed by atoms with Crippen LogP contribution in [-0.2, 0) is 10.0 Å². The van der Waals surface area contributed by atoms with Gasteiger partial charge in [-0.2, -0.15) is 8.42 Å². The second-order valence-corrected chi connectivity index (χ2v) is 5.50. The van der Waals surface area contributed by atoms with Crippen molar-refractivity contribution in [3.05, 3.63) is 45.9 Å². The minimum absolute atomic E-state index is 0.0497. The van der Waals surface area contributed by atoms with Gasteiger partial charge in [-0.15, -0.1) is 0 Å². The molecule has 0 aliphatic heterocycles. The summed E-state index contributed by atoms with van der Waals surface area (Å²) in [5, 5.41) is 10.5. The number of aromatic amines is 1. The third kappa shape index (κ3) is 2.83. The van der Waals surface area contributed by atoms with E-state index in [2.05, 4.69) is 14.7 Å². The van der Waals surface area contributed by atoms with Gasteiger partial charge in [0.05, 0.1) is 28.2 Å². The molecule has 1 heterocycles. The van der Waals surface area contributed by atoms with Crippen LogP contribution in [0.4, 0.5) is 11.4 Å². The van der Waals surface area contributed by atoms with E-state index in [0.717, 1.165) is 12.3 Å². The van der Waals surface area contributed by atoms with E-state index in [1.165, 1.54) is 18.5 Å². The number of H-pyrrole nitrogens is 1. The molecule has 100 valence electrons. The van der Waals surface area contributed by atoms with Crippen LogP contribution < -0.4 is 4.72 Å². The first-order valence-electron chi connectivity index (χ1n) is 4.85. The lowest BCUT2D eigenvalue weighted by atomic mass is 10.3. The number of imidazole rings is 1. The molecule has 2 aromatic rings. The Bertz CT molecular complexity index is 714. The first-order valence-corrected chi connectivity index (χ1v) is 6.71. The topological polar surface area (TPSA) is 118 Å². The van der Waals surface area contributed by atoms with Crippen molar-refractivity contribution in [2.75, 3.05) is 4.72 Å². The zero-order valence-electron chi connectivity index (χ0n) is 9.20. The Balaban J connectivity index is 2.39. The van der Waals surface area contributed by atoms with Crippen LogP contribution in [0.5, 0.6) is 0 Å². The third-order valence-electron chi connectivity index (χ3n) is 2.17. The highest BCUT2D eigenvalue weighted by atomic mass is 35.5. The van der Waals surface area contributed by atoms with E-state index in [4.69, 9.17) is 11.6 Å². The summed E-state index contributed by atoms with van der Waals surface area (Å²) in [6.45, 7) is 0. The maximum Gasteiger partial charge on any atom is 0.279 e. The molecule has 0 spiro atoms. The minimum Gasteiger partial charge on any atom is -0.334 e. The van der Waals surface area contributed by atoms with Gasteiger partial charge in [-0.1, -0.05) is 11.6 Å². The molecule has 0 bridgehead atoms. The first kappa shape index (κ1) is 13.3. The van der Waals surface area contributed by atoms with Gasteiger partial charge in [0.1, 0.15) is 0 Å². The van der Waals surface area contributed by atoms with E-state index in [0.29, 0.717) is 0 Å². The number of hydrogen-bond donors (Lipinski definition) is 2. The largest absolute Gasteiger partial charge is 0.334 e. The van der Waals surface area contributed by atoms with Gasteiger partial charge in [-0.25, -0.2) is 4.98 Å². The number of nitrogens with zero attached hydrogens (tertiary/aromatic N) is 2. The SMILES string of the molecule is O=[N+]([O-])c1ccc(Cl)c(NS(=O)(=O)c2cnc[nH]2)c1. The zero-order chi connectivity index (χ0) is 14.0. The maximum atomic E-state index is 11.9. The second-order valence-electron chi connectivity index (χ2n) is 3.44. The first-order chi connectivity index (χ1) is 8.90. The van der Waals surface area contributed by atoms with Gasteiger partial charge in [0.2, 0.25) is 0 Å². The predicted molar refractivity (Wildman–Crippen MR) is 67.5 cm³/mol. The number of hydrogen-bond acceptors (Lipinski definition) is 5. The van der Waals surface area contributed by atoms with Gasteiger partial charge in [0, 0.05) is 12.1 Å². The van der Waals surface area contributed by atoms with Crippen molar-refractivity contribution >= 4 is 33.0 Å². The summed E-state index contributed by atoms with van der Waals surface area (Å²) >= 11 is 5.79. The smallest absolute Gasteiger partial charge is 0.279 e. The highest BCUT2D eigenvalue weighted by molar-refractivity contribution is 7.92. The summed E-state index contributed by atoms with van der Waals surface area (Å²) in [6.07, 6.45) is 2.30. The number of non-ortho nitro benzene ring substituents is 1. The zero-order valence-corrected chi connectivity index (χ0v) is 10.8. The average Bonchev–Trinajstić information content (AvgIpc) is 2.85. The van der Waals surface area contributed by atoms with Gasteiger partial charge in [0.15, 0.2) is 5.03 Å². The molecule has 0 atom stereocenters. The monoisotopic (exact) mass is 302 g/mol. The maximum absolute atomic E-state index is 11.9. The molecule has 2 N–H and O–H groups in total. The molecule has 1 aromatic heterocycles. The summed E-state index contributed by atoms with van der Waals surface area (Å²) in [5.41, 5.74) is -0.350. The molecule has 0 aliphatic rings. The fraction of sp³-hybridized carbons (Fsp3) is 0. The summed E-state index contributed by atoms with van der Waals surface area (Å²) in [4.78, 5) is 16.0. The van der Waals surface area contributed by atoms with Gasteiger partial charge in [0.25, 0.3) is 15.7 Å². The van der Waals surface area contributed by atoms with E-state index >= 15 is 0 Å². The lowest BCUT2D eigenvalue weighted by Gasteiger charge is -2.07. The molecule has 10 heteroatoms. The Morgan fingerprint density at radius 3 is 2.74 bits per heavy atom. The van der Waals surface area contributed by atoms with Crippen molar-refractivity contribution in [1.82, 2.24) is 9.97 Å². The number of nitro benzene ring substituents is 1. The van der Waals surface area contributed by atoms with Crippen molar-refractivity contribution in [3.8, 4) is 0 Å². The van der Waals surface area contributed by atoms with Crippen LogP contribution in [0.1, 0.15) is 0 Å². The Labute approximate surface area is 112 Å². The van der Waals surface area contributed by atoms with Crippen LogP contribution in [0, 0.1) is 10.1 Å². The number of benzene rings is 1. The third-order valence-corrected chi connectivity index (χ3v) is 3.79. The quantitative estimate of drug-likeness (QED) is 0.659. The molecule has 0 radical (unpaired) electrons. The number of halogens is 1. The standard InChI is InChI=1S/C9H7ClN4O4S/c10-7-2-1-6(14(15)16)3-8(7)13-19(17,18)9-4-11-5-12-9/h1-5,13H,(H,11,12). The fourth-order valence-corrected chi connectivity index (χ4v) is 2.49. The van der Waals surface area contributed by atoms with Gasteiger partial charge in [-0.3, -0.25) is 14.8 Å². The minimum atomic E-state index is -3.91. The van der Waals surface area contributed by atoms with E-state index in [1.54, 1.807) is 0 Å². The fourth-order valence-electron chi connectivity index (χ4n) is 1.29. The molecule has 0 amide bonds. The van der Waals surface area contributed by atoms with Crippen molar-refractivity contribution < 1.29 is 13.3 Å². The number of nitro groups is 1. The predicted octanol–water partition coefficient (Wildman–Crippen LogP) is 1.77. The summed E-state index contributed by atoms with van der Waals surface area (Å²) in [5.74, 6) is 0. The highest BCUT2D eigenvalue weighted by Crippen LogP contribution is 2.28. The highest BCUT2D eigenvalue weighted by Gasteiger charge is 2.19. The molecule has 1 aromatic carbocycles. The van der Waals surface area contributed by atoms with E-state index in [1.807, 2.05) is 0 Å².